The van der Waals surface area contributed by atoms with Gasteiger partial charge >= 0.3 is 11.9 Å². The Hall–Kier alpha value is -1.47. The summed E-state index contributed by atoms with van der Waals surface area (Å²) in [7, 11) is 0. The van der Waals surface area contributed by atoms with E-state index in [1.54, 1.807) is 0 Å². The van der Waals surface area contributed by atoms with Crippen molar-refractivity contribution in [3.63, 3.8) is 0 Å². The van der Waals surface area contributed by atoms with E-state index in [2.05, 4.69) is 5.32 Å². The molecule has 1 fully saturated rings. The first-order valence-electron chi connectivity index (χ1n) is 4.35. The fourth-order valence-corrected chi connectivity index (χ4v) is 1.32. The minimum atomic E-state index is -1.36. The fourth-order valence-electron chi connectivity index (χ4n) is 1.32. The van der Waals surface area contributed by atoms with Gasteiger partial charge in [-0.25, -0.2) is 0 Å². The second-order valence-corrected chi connectivity index (χ2v) is 3.61. The van der Waals surface area contributed by atoms with E-state index < -0.39 is 29.6 Å². The van der Waals surface area contributed by atoms with Crippen LogP contribution in [0.4, 0.5) is 0 Å². The maximum atomic E-state index is 10.6. The van der Waals surface area contributed by atoms with Crippen LogP contribution >= 0.6 is 0 Å². The highest BCUT2D eigenvalue weighted by Crippen LogP contribution is 2.33. The smallest absolute Gasteiger partial charge is 0.325 e. The maximum Gasteiger partial charge on any atom is 0.325 e. The van der Waals surface area contributed by atoms with Crippen LogP contribution in [0.15, 0.2) is 0 Å². The normalized spacial score (nSPS) is 30.6. The van der Waals surface area contributed by atoms with Crippen molar-refractivity contribution in [2.75, 3.05) is 0 Å². The van der Waals surface area contributed by atoms with Crippen molar-refractivity contribution >= 4 is 18.2 Å². The third kappa shape index (κ3) is 2.51. The number of hydrogen-bond donors (Lipinski definition) is 4. The van der Waals surface area contributed by atoms with Crippen molar-refractivity contribution in [3.05, 3.63) is 0 Å². The van der Waals surface area contributed by atoms with E-state index in [1.807, 2.05) is 0 Å². The summed E-state index contributed by atoms with van der Waals surface area (Å²) in [5.74, 6) is -2.28. The number of carbonyl (C=O) groups is 3. The molecule has 0 aliphatic heterocycles. The topological polar surface area (TPSA) is 130 Å². The molecule has 0 spiro atoms. The molecule has 3 atom stereocenters. The molecular weight excluding hydrogens is 204 g/mol. The molecule has 0 aromatic heterocycles. The van der Waals surface area contributed by atoms with Gasteiger partial charge in [0.25, 0.3) is 0 Å². The van der Waals surface area contributed by atoms with E-state index in [1.165, 1.54) is 0 Å². The summed E-state index contributed by atoms with van der Waals surface area (Å²) < 4.78 is 0. The number of rotatable bonds is 6. The van der Waals surface area contributed by atoms with Crippen LogP contribution in [0, 0.1) is 0 Å². The lowest BCUT2D eigenvalue weighted by molar-refractivity contribution is -0.139. The molecule has 0 saturated heterocycles. The molecule has 1 rings (SSSR count). The Morgan fingerprint density at radius 2 is 2.20 bits per heavy atom. The first-order valence-corrected chi connectivity index (χ1v) is 4.35. The van der Waals surface area contributed by atoms with E-state index in [0.29, 0.717) is 6.29 Å². The lowest BCUT2D eigenvalue weighted by Crippen LogP contribution is -2.45. The molecule has 84 valence electrons. The number of carbonyl (C=O) groups excluding carboxylic acids is 1. The van der Waals surface area contributed by atoms with E-state index in [0.717, 1.165) is 0 Å². The van der Waals surface area contributed by atoms with Crippen LogP contribution in [0.5, 0.6) is 0 Å². The average Bonchev–Trinajstić information content (AvgIpc) is 2.76. The van der Waals surface area contributed by atoms with Crippen LogP contribution in [-0.2, 0) is 14.4 Å². The quantitative estimate of drug-likeness (QED) is 0.384. The van der Waals surface area contributed by atoms with Gasteiger partial charge in [0, 0.05) is 6.04 Å². The summed E-state index contributed by atoms with van der Waals surface area (Å²) >= 11 is 0. The Bertz CT molecular complexity index is 305. The summed E-state index contributed by atoms with van der Waals surface area (Å²) in [6, 6.07) is -1.43. The van der Waals surface area contributed by atoms with Gasteiger partial charge < -0.3 is 26.1 Å². The van der Waals surface area contributed by atoms with Gasteiger partial charge in [-0.3, -0.25) is 9.59 Å². The van der Waals surface area contributed by atoms with Crippen molar-refractivity contribution in [3.8, 4) is 0 Å². The van der Waals surface area contributed by atoms with Gasteiger partial charge in [0.15, 0.2) is 0 Å². The van der Waals surface area contributed by atoms with Gasteiger partial charge in [0.1, 0.15) is 11.8 Å². The number of hydrogen-bond acceptors (Lipinski definition) is 5. The van der Waals surface area contributed by atoms with Crippen molar-refractivity contribution in [1.82, 2.24) is 5.32 Å². The van der Waals surface area contributed by atoms with Gasteiger partial charge in [-0.15, -0.1) is 0 Å². The molecule has 0 aromatic carbocycles. The van der Waals surface area contributed by atoms with Crippen LogP contribution in [-0.4, -0.2) is 46.1 Å². The Kier molecular flexibility index (Phi) is 3.06. The molecule has 0 bridgehead atoms. The summed E-state index contributed by atoms with van der Waals surface area (Å²) in [4.78, 5) is 31.4. The third-order valence-corrected chi connectivity index (χ3v) is 2.38. The Balaban J connectivity index is 2.46. The van der Waals surface area contributed by atoms with Gasteiger partial charge in [0.2, 0.25) is 0 Å². The van der Waals surface area contributed by atoms with Gasteiger partial charge in [-0.1, -0.05) is 0 Å². The number of aliphatic carboxylic acids is 2. The van der Waals surface area contributed by atoms with Crippen molar-refractivity contribution in [2.45, 2.75) is 30.5 Å². The Morgan fingerprint density at radius 3 is 2.53 bits per heavy atom. The minimum Gasteiger partial charge on any atom is -0.481 e. The van der Waals surface area contributed by atoms with Crippen LogP contribution in [0.3, 0.4) is 0 Å². The molecule has 1 saturated carbocycles. The molecule has 0 heterocycles. The molecule has 1 aliphatic rings. The average molecular weight is 216 g/mol. The van der Waals surface area contributed by atoms with Gasteiger partial charge in [-0.2, -0.15) is 0 Å². The first kappa shape index (κ1) is 11.6. The molecular formula is C8H12N2O5. The maximum absolute atomic E-state index is 10.6. The molecule has 0 aromatic rings. The highest BCUT2D eigenvalue weighted by molar-refractivity contribution is 5.84. The molecule has 7 nitrogen and oxygen atoms in total. The van der Waals surface area contributed by atoms with Crippen LogP contribution in [0.2, 0.25) is 0 Å². The van der Waals surface area contributed by atoms with Crippen molar-refractivity contribution < 1.29 is 24.6 Å². The second kappa shape index (κ2) is 3.95. The number of nitrogens with one attached hydrogen (secondary N) is 1. The zero-order valence-corrected chi connectivity index (χ0v) is 7.84. The van der Waals surface area contributed by atoms with E-state index in [9.17, 15) is 14.4 Å². The number of carboxylic acid groups (broad SMARTS) is 2. The molecule has 5 N–H and O–H groups in total. The summed E-state index contributed by atoms with van der Waals surface area (Å²) in [6.45, 7) is 0. The second-order valence-electron chi connectivity index (χ2n) is 3.61. The lowest BCUT2D eigenvalue weighted by Gasteiger charge is -2.11. The highest BCUT2D eigenvalue weighted by Gasteiger charge is 2.58. The standard InChI is InChI=1S/C8H12N2O5/c9-8(7(14)15)2-5(8)10-4(3-11)1-6(12)13/h3-5,10H,1-2,9H2,(H,12,13)(H,14,15)/t4-,5?,8?/m0/s1. The highest BCUT2D eigenvalue weighted by atomic mass is 16.4. The SMILES string of the molecule is NC1(C(=O)O)CC1N[C@H](C=O)CC(=O)O. The zero-order valence-electron chi connectivity index (χ0n) is 7.84. The fraction of sp³-hybridized carbons (Fsp3) is 0.625. The summed E-state index contributed by atoms with van der Waals surface area (Å²) in [5.41, 5.74) is 4.08. The molecule has 1 aliphatic carbocycles. The third-order valence-electron chi connectivity index (χ3n) is 2.38. The zero-order chi connectivity index (χ0) is 11.6. The Labute approximate surface area is 85.3 Å². The predicted octanol–water partition coefficient (Wildman–Crippen LogP) is -1.83. The lowest BCUT2D eigenvalue weighted by atomic mass is 10.2. The van der Waals surface area contributed by atoms with Crippen LogP contribution in [0.25, 0.3) is 0 Å². The predicted molar refractivity (Wildman–Crippen MR) is 48.2 cm³/mol. The van der Waals surface area contributed by atoms with Crippen molar-refractivity contribution in [2.24, 2.45) is 5.73 Å². The van der Waals surface area contributed by atoms with Crippen molar-refractivity contribution in [1.29, 1.82) is 0 Å². The minimum absolute atomic E-state index is 0.201. The van der Waals surface area contributed by atoms with Gasteiger partial charge in [0.05, 0.1) is 12.5 Å². The van der Waals surface area contributed by atoms with E-state index in [4.69, 9.17) is 15.9 Å². The number of aldehydes is 1. The molecule has 0 amide bonds. The van der Waals surface area contributed by atoms with Crippen LogP contribution in [0.1, 0.15) is 12.8 Å². The first-order chi connectivity index (χ1) is 6.90. The van der Waals surface area contributed by atoms with E-state index in [-0.39, 0.29) is 12.8 Å². The number of carboxylic acids is 2. The monoisotopic (exact) mass is 216 g/mol. The van der Waals surface area contributed by atoms with Crippen LogP contribution < -0.4 is 11.1 Å². The summed E-state index contributed by atoms with van der Waals surface area (Å²) in [6.07, 6.45) is 0.261. The molecule has 7 heteroatoms. The van der Waals surface area contributed by atoms with E-state index >= 15 is 0 Å². The molecule has 2 unspecified atom stereocenters. The Morgan fingerprint density at radius 1 is 1.60 bits per heavy atom. The molecule has 15 heavy (non-hydrogen) atoms. The largest absolute Gasteiger partial charge is 0.481 e. The van der Waals surface area contributed by atoms with Gasteiger partial charge in [-0.05, 0) is 6.42 Å². The summed E-state index contributed by atoms with van der Waals surface area (Å²) in [5, 5.41) is 19.7. The number of nitrogens with two attached hydrogens (primary N) is 1. The molecule has 0 radical (unpaired) electrons.